The number of carbonyl (C=O) groups is 1. The first kappa shape index (κ1) is 17.6. The summed E-state index contributed by atoms with van der Waals surface area (Å²) in [5.41, 5.74) is 2.51. The molecule has 3 rings (SSSR count). The van der Waals surface area contributed by atoms with Gasteiger partial charge in [-0.1, -0.05) is 11.6 Å². The number of nitrogens with one attached hydrogen (secondary N) is 2. The van der Waals surface area contributed by atoms with Crippen molar-refractivity contribution in [1.82, 2.24) is 15.2 Å². The van der Waals surface area contributed by atoms with Crippen LogP contribution in [-0.4, -0.2) is 55.2 Å². The van der Waals surface area contributed by atoms with Crippen LogP contribution in [0.3, 0.4) is 0 Å². The zero-order valence-corrected chi connectivity index (χ0v) is 14.6. The van der Waals surface area contributed by atoms with E-state index in [0.29, 0.717) is 24.9 Å². The summed E-state index contributed by atoms with van der Waals surface area (Å²) in [5.74, 6) is -0.0167. The zero-order chi connectivity index (χ0) is 17.6. The number of nitrogens with zero attached hydrogens (tertiary/aromatic N) is 1. The summed E-state index contributed by atoms with van der Waals surface area (Å²) >= 11 is 0. The van der Waals surface area contributed by atoms with Crippen molar-refractivity contribution in [3.63, 3.8) is 0 Å². The molecule has 2 N–H and O–H groups in total. The molecule has 134 valence electrons. The lowest BCUT2D eigenvalue weighted by Crippen LogP contribution is -2.41. The zero-order valence-electron chi connectivity index (χ0n) is 14.6. The Morgan fingerprint density at radius 2 is 2.08 bits per heavy atom. The maximum Gasteiger partial charge on any atom is 0.251 e. The lowest BCUT2D eigenvalue weighted by Gasteiger charge is -2.26. The second kappa shape index (κ2) is 8.27. The van der Waals surface area contributed by atoms with Crippen molar-refractivity contribution >= 4 is 16.8 Å². The predicted octanol–water partition coefficient (Wildman–Crippen LogP) is 1.22. The number of aromatic amines is 1. The van der Waals surface area contributed by atoms with Gasteiger partial charge in [0.25, 0.3) is 5.56 Å². The average Bonchev–Trinajstić information content (AvgIpc) is 2.61. The number of benzene rings is 1. The molecular weight excluding hydrogens is 318 g/mol. The third-order valence-corrected chi connectivity index (χ3v) is 4.55. The number of aromatic nitrogens is 1. The van der Waals surface area contributed by atoms with Crippen LogP contribution in [-0.2, 0) is 16.0 Å². The van der Waals surface area contributed by atoms with E-state index in [4.69, 9.17) is 4.74 Å². The second-order valence-electron chi connectivity index (χ2n) is 6.52. The summed E-state index contributed by atoms with van der Waals surface area (Å²) in [5, 5.41) is 3.93. The third-order valence-electron chi connectivity index (χ3n) is 4.55. The van der Waals surface area contributed by atoms with Gasteiger partial charge in [0.15, 0.2) is 0 Å². The fourth-order valence-electron chi connectivity index (χ4n) is 3.07. The van der Waals surface area contributed by atoms with Crippen LogP contribution in [0.2, 0.25) is 0 Å². The molecule has 0 bridgehead atoms. The van der Waals surface area contributed by atoms with E-state index in [0.717, 1.165) is 49.3 Å². The predicted molar refractivity (Wildman–Crippen MR) is 97.9 cm³/mol. The first-order valence-corrected chi connectivity index (χ1v) is 8.81. The van der Waals surface area contributed by atoms with Gasteiger partial charge in [-0.25, -0.2) is 0 Å². The molecule has 1 fully saturated rings. The number of morpholine rings is 1. The molecule has 1 saturated heterocycles. The Bertz CT molecular complexity index is 794. The molecule has 6 nitrogen and oxygen atoms in total. The van der Waals surface area contributed by atoms with Crippen molar-refractivity contribution < 1.29 is 9.53 Å². The van der Waals surface area contributed by atoms with E-state index in [9.17, 15) is 9.59 Å². The van der Waals surface area contributed by atoms with Crippen molar-refractivity contribution in [2.24, 2.45) is 0 Å². The van der Waals surface area contributed by atoms with E-state index in [1.54, 1.807) is 0 Å². The summed E-state index contributed by atoms with van der Waals surface area (Å²) in [4.78, 5) is 29.3. The van der Waals surface area contributed by atoms with E-state index in [1.165, 1.54) is 0 Å². The molecule has 1 aromatic carbocycles. The summed E-state index contributed by atoms with van der Waals surface area (Å²) in [6.07, 6.45) is 0.770. The molecule has 0 saturated carbocycles. The largest absolute Gasteiger partial charge is 0.379 e. The smallest absolute Gasteiger partial charge is 0.251 e. The number of pyridine rings is 1. The van der Waals surface area contributed by atoms with Gasteiger partial charge in [0.1, 0.15) is 0 Å². The minimum Gasteiger partial charge on any atom is -0.379 e. The molecule has 1 aliphatic heterocycles. The number of aryl methyl sites for hydroxylation is 2. The number of fused-ring (bicyclic) bond motifs is 1. The highest BCUT2D eigenvalue weighted by Gasteiger charge is 2.11. The molecule has 0 atom stereocenters. The Morgan fingerprint density at radius 3 is 2.88 bits per heavy atom. The summed E-state index contributed by atoms with van der Waals surface area (Å²) < 4.78 is 5.30. The molecule has 2 heterocycles. The van der Waals surface area contributed by atoms with Gasteiger partial charge in [-0.3, -0.25) is 14.5 Å². The number of H-pyrrole nitrogens is 1. The van der Waals surface area contributed by atoms with Gasteiger partial charge >= 0.3 is 0 Å². The van der Waals surface area contributed by atoms with E-state index in [2.05, 4.69) is 15.2 Å². The second-order valence-corrected chi connectivity index (χ2v) is 6.52. The van der Waals surface area contributed by atoms with Crippen LogP contribution in [0, 0.1) is 6.92 Å². The monoisotopic (exact) mass is 343 g/mol. The van der Waals surface area contributed by atoms with Crippen LogP contribution in [0.1, 0.15) is 17.5 Å². The lowest BCUT2D eigenvalue weighted by molar-refractivity contribution is -0.121. The summed E-state index contributed by atoms with van der Waals surface area (Å²) in [7, 11) is 0. The molecule has 6 heteroatoms. The van der Waals surface area contributed by atoms with Crippen molar-refractivity contribution in [2.45, 2.75) is 19.8 Å². The maximum absolute atomic E-state index is 12.1. The van der Waals surface area contributed by atoms with Crippen LogP contribution in [0.5, 0.6) is 0 Å². The van der Waals surface area contributed by atoms with Gasteiger partial charge in [-0.2, -0.15) is 0 Å². The van der Waals surface area contributed by atoms with E-state index >= 15 is 0 Å². The number of ether oxygens (including phenoxy) is 1. The Kier molecular flexibility index (Phi) is 5.83. The molecular formula is C19H25N3O3. The molecule has 0 unspecified atom stereocenters. The highest BCUT2D eigenvalue weighted by molar-refractivity contribution is 5.80. The van der Waals surface area contributed by atoms with Crippen molar-refractivity contribution in [3.8, 4) is 0 Å². The van der Waals surface area contributed by atoms with Gasteiger partial charge in [-0.15, -0.1) is 0 Å². The van der Waals surface area contributed by atoms with Crippen molar-refractivity contribution in [2.75, 3.05) is 39.4 Å². The number of hydrogen-bond acceptors (Lipinski definition) is 4. The average molecular weight is 343 g/mol. The molecule has 0 spiro atoms. The number of carbonyl (C=O) groups excluding carboxylic acids is 1. The minimum atomic E-state index is -0.113. The normalized spacial score (nSPS) is 15.4. The summed E-state index contributed by atoms with van der Waals surface area (Å²) in [6.45, 7) is 6.85. The van der Waals surface area contributed by atoms with Gasteiger partial charge < -0.3 is 15.0 Å². The van der Waals surface area contributed by atoms with Crippen LogP contribution >= 0.6 is 0 Å². The van der Waals surface area contributed by atoms with Gasteiger partial charge in [0.05, 0.1) is 13.2 Å². The van der Waals surface area contributed by atoms with E-state index in [1.807, 2.05) is 31.2 Å². The highest BCUT2D eigenvalue weighted by Crippen LogP contribution is 2.13. The minimum absolute atomic E-state index is 0.0167. The summed E-state index contributed by atoms with van der Waals surface area (Å²) in [6, 6.07) is 7.81. The molecule has 1 aromatic heterocycles. The first-order chi connectivity index (χ1) is 12.1. The fraction of sp³-hybridized carbons (Fsp3) is 0.474. The Balaban J connectivity index is 1.50. The van der Waals surface area contributed by atoms with Crippen LogP contribution in [0.15, 0.2) is 29.1 Å². The van der Waals surface area contributed by atoms with Gasteiger partial charge in [-0.05, 0) is 36.9 Å². The van der Waals surface area contributed by atoms with Crippen molar-refractivity contribution in [3.05, 3.63) is 45.7 Å². The Labute approximate surface area is 147 Å². The topological polar surface area (TPSA) is 74.4 Å². The molecule has 1 aliphatic rings. The van der Waals surface area contributed by atoms with Crippen LogP contribution in [0.4, 0.5) is 0 Å². The Morgan fingerprint density at radius 1 is 1.28 bits per heavy atom. The number of hydrogen-bond donors (Lipinski definition) is 2. The van der Waals surface area contributed by atoms with Crippen LogP contribution in [0.25, 0.3) is 10.9 Å². The molecule has 2 aromatic rings. The SMILES string of the molecule is Cc1ccc2[nH]c(=O)c(CCC(=O)NCCN3CCOCC3)cc2c1. The molecule has 0 radical (unpaired) electrons. The molecule has 25 heavy (non-hydrogen) atoms. The quantitative estimate of drug-likeness (QED) is 0.827. The van der Waals surface area contributed by atoms with E-state index < -0.39 is 0 Å². The van der Waals surface area contributed by atoms with Crippen molar-refractivity contribution in [1.29, 1.82) is 0 Å². The lowest BCUT2D eigenvalue weighted by atomic mass is 10.1. The molecule has 1 amide bonds. The Hall–Kier alpha value is -2.18. The standard InChI is InChI=1S/C19H25N3O3/c1-14-2-4-17-16(12-14)13-15(19(24)21-17)3-5-18(23)20-6-7-22-8-10-25-11-9-22/h2,4,12-13H,3,5-11H2,1H3,(H,20,23)(H,21,24). The first-order valence-electron chi connectivity index (χ1n) is 8.81. The van der Waals surface area contributed by atoms with Gasteiger partial charge in [0.2, 0.25) is 5.91 Å². The fourth-order valence-corrected chi connectivity index (χ4v) is 3.07. The number of rotatable bonds is 6. The maximum atomic E-state index is 12.1. The van der Waals surface area contributed by atoms with E-state index in [-0.39, 0.29) is 11.5 Å². The number of amides is 1. The highest BCUT2D eigenvalue weighted by atomic mass is 16.5. The third kappa shape index (κ3) is 4.90. The van der Waals surface area contributed by atoms with Gasteiger partial charge in [0, 0.05) is 43.7 Å². The van der Waals surface area contributed by atoms with Crippen LogP contribution < -0.4 is 10.9 Å². The molecule has 0 aliphatic carbocycles.